The van der Waals surface area contributed by atoms with E-state index in [1.807, 2.05) is 68.4 Å². The van der Waals surface area contributed by atoms with Crippen LogP contribution in [0.2, 0.25) is 0 Å². The Balaban J connectivity index is 1.26. The molecule has 0 unspecified atom stereocenters. The number of rotatable bonds is 14. The fourth-order valence-corrected chi connectivity index (χ4v) is 7.54. The zero-order valence-electron chi connectivity index (χ0n) is 31.9. The maximum atomic E-state index is 14.3. The Bertz CT molecular complexity index is 1660. The van der Waals surface area contributed by atoms with Crippen LogP contribution < -0.4 is 5.32 Å². The largest absolute Gasteiger partial charge is 0.458 e. The third-order valence-corrected chi connectivity index (χ3v) is 10.6. The molecule has 2 aromatic rings. The molecule has 3 fully saturated rings. The van der Waals surface area contributed by atoms with E-state index in [4.69, 9.17) is 18.9 Å². The zero-order chi connectivity index (χ0) is 38.7. The molecule has 290 valence electrons. The predicted molar refractivity (Wildman–Crippen MR) is 193 cm³/mol. The van der Waals surface area contributed by atoms with E-state index in [9.17, 15) is 28.7 Å². The average molecular weight is 740 g/mol. The summed E-state index contributed by atoms with van der Waals surface area (Å²) in [5.74, 6) is -3.31. The van der Waals surface area contributed by atoms with Crippen LogP contribution in [0.15, 0.2) is 42.5 Å². The van der Waals surface area contributed by atoms with Crippen LogP contribution in [0.25, 0.3) is 0 Å². The fraction of sp³-hybridized carbons (Fsp3) is 0.600. The number of likely N-dealkylation sites (N-methyl/N-ethyl adjacent to an activating group) is 1. The van der Waals surface area contributed by atoms with Gasteiger partial charge >= 0.3 is 11.9 Å². The van der Waals surface area contributed by atoms with E-state index in [-0.39, 0.29) is 44.2 Å². The van der Waals surface area contributed by atoms with Crippen molar-refractivity contribution >= 4 is 23.8 Å². The maximum absolute atomic E-state index is 14.3. The van der Waals surface area contributed by atoms with Crippen molar-refractivity contribution in [2.75, 3.05) is 40.3 Å². The van der Waals surface area contributed by atoms with Crippen LogP contribution in [0.3, 0.4) is 0 Å². The number of likely N-dealkylation sites (tertiary alicyclic amines) is 1. The lowest BCUT2D eigenvalue weighted by Crippen LogP contribution is -2.64. The van der Waals surface area contributed by atoms with Crippen molar-refractivity contribution in [1.29, 1.82) is 0 Å². The highest BCUT2D eigenvalue weighted by Gasteiger charge is 2.69. The van der Waals surface area contributed by atoms with Crippen molar-refractivity contribution in [3.63, 3.8) is 0 Å². The molecule has 0 aliphatic carbocycles. The molecule has 0 saturated carbocycles. The van der Waals surface area contributed by atoms with E-state index in [2.05, 4.69) is 5.32 Å². The highest BCUT2D eigenvalue weighted by molar-refractivity contribution is 5.88. The first kappa shape index (κ1) is 40.3. The molecule has 0 spiro atoms. The Labute approximate surface area is 311 Å². The summed E-state index contributed by atoms with van der Waals surface area (Å²) in [6.07, 6.45) is -1.18. The summed E-state index contributed by atoms with van der Waals surface area (Å²) in [6.45, 7) is 8.80. The van der Waals surface area contributed by atoms with E-state index < -0.39 is 53.3 Å². The molecular formula is C40H54FN3O9. The summed E-state index contributed by atoms with van der Waals surface area (Å²) in [7, 11) is 3.80. The molecule has 5 rings (SSSR count). The van der Waals surface area contributed by atoms with Gasteiger partial charge in [0.15, 0.2) is 6.10 Å². The molecule has 2 bridgehead atoms. The van der Waals surface area contributed by atoms with Crippen LogP contribution in [0.5, 0.6) is 0 Å². The Morgan fingerprint density at radius 3 is 2.38 bits per heavy atom. The SMILES string of the molecule is CC(=O)O[C@H]1C[C@]2(C(C)(C)O)CO[C@@](c3ccc(C)c(Cc4ccc(CCCC(=O)N5C[C@H](F)C[C@H]5C(=O)NCCN(C)C)cc4)c3)(O2)[C@@H]1OC(C)=O. The molecule has 0 aromatic heterocycles. The van der Waals surface area contributed by atoms with Gasteiger partial charge in [-0.15, -0.1) is 0 Å². The molecule has 2 N–H and O–H groups in total. The van der Waals surface area contributed by atoms with Crippen LogP contribution in [0.1, 0.15) is 81.2 Å². The van der Waals surface area contributed by atoms with Crippen LogP contribution in [-0.4, -0.2) is 115 Å². The van der Waals surface area contributed by atoms with Gasteiger partial charge in [0, 0.05) is 51.8 Å². The minimum absolute atomic E-state index is 0.0103. The smallest absolute Gasteiger partial charge is 0.303 e. The molecule has 3 aliphatic heterocycles. The van der Waals surface area contributed by atoms with E-state index in [0.29, 0.717) is 37.9 Å². The third-order valence-electron chi connectivity index (χ3n) is 10.6. The number of amides is 2. The Kier molecular flexibility index (Phi) is 12.3. The summed E-state index contributed by atoms with van der Waals surface area (Å²) in [5.41, 5.74) is 2.02. The minimum Gasteiger partial charge on any atom is -0.458 e. The zero-order valence-corrected chi connectivity index (χ0v) is 31.9. The molecule has 13 heteroatoms. The average Bonchev–Trinajstić information content (AvgIpc) is 3.64. The van der Waals surface area contributed by atoms with Crippen molar-refractivity contribution in [2.45, 2.75) is 115 Å². The van der Waals surface area contributed by atoms with Gasteiger partial charge < -0.3 is 39.2 Å². The number of aryl methyl sites for hydroxylation is 2. The molecule has 2 aromatic carbocycles. The number of aliphatic hydroxyl groups is 1. The van der Waals surface area contributed by atoms with Crippen molar-refractivity contribution in [1.82, 2.24) is 15.1 Å². The number of alkyl halides is 1. The van der Waals surface area contributed by atoms with E-state index >= 15 is 0 Å². The lowest BCUT2D eigenvalue weighted by atomic mass is 9.77. The Hall–Kier alpha value is -3.91. The molecule has 3 heterocycles. The molecule has 6 atom stereocenters. The van der Waals surface area contributed by atoms with Crippen molar-refractivity contribution in [3.8, 4) is 0 Å². The summed E-state index contributed by atoms with van der Waals surface area (Å²) < 4.78 is 38.8. The minimum atomic E-state index is -1.64. The number of hydrogen-bond acceptors (Lipinski definition) is 10. The van der Waals surface area contributed by atoms with Gasteiger partial charge in [-0.05, 0) is 82.4 Å². The van der Waals surface area contributed by atoms with Gasteiger partial charge in [-0.3, -0.25) is 19.2 Å². The second kappa shape index (κ2) is 16.2. The molecule has 3 aliphatic rings. The van der Waals surface area contributed by atoms with Crippen LogP contribution in [0.4, 0.5) is 4.39 Å². The number of fused-ring (bicyclic) bond motifs is 2. The second-order valence-electron chi connectivity index (χ2n) is 15.5. The number of halogens is 1. The predicted octanol–water partition coefficient (Wildman–Crippen LogP) is 3.50. The number of nitrogens with one attached hydrogen (secondary N) is 1. The summed E-state index contributed by atoms with van der Waals surface area (Å²) in [4.78, 5) is 53.6. The Morgan fingerprint density at radius 2 is 1.74 bits per heavy atom. The number of ether oxygens (including phenoxy) is 4. The second-order valence-corrected chi connectivity index (χ2v) is 15.5. The van der Waals surface area contributed by atoms with Gasteiger partial charge in [0.1, 0.15) is 23.9 Å². The summed E-state index contributed by atoms with van der Waals surface area (Å²) >= 11 is 0. The van der Waals surface area contributed by atoms with Gasteiger partial charge in [0.2, 0.25) is 17.6 Å². The maximum Gasteiger partial charge on any atom is 0.303 e. The molecule has 53 heavy (non-hydrogen) atoms. The highest BCUT2D eigenvalue weighted by atomic mass is 19.1. The van der Waals surface area contributed by atoms with Crippen molar-refractivity contribution < 1.29 is 47.6 Å². The summed E-state index contributed by atoms with van der Waals surface area (Å²) in [5, 5.41) is 14.0. The van der Waals surface area contributed by atoms with Crippen LogP contribution >= 0.6 is 0 Å². The van der Waals surface area contributed by atoms with Gasteiger partial charge in [0.25, 0.3) is 0 Å². The molecular weight excluding hydrogens is 685 g/mol. The normalized spacial score (nSPS) is 26.8. The highest BCUT2D eigenvalue weighted by Crippen LogP contribution is 2.55. The van der Waals surface area contributed by atoms with Gasteiger partial charge in [0.05, 0.1) is 18.8 Å². The first-order valence-electron chi connectivity index (χ1n) is 18.4. The van der Waals surface area contributed by atoms with Crippen LogP contribution in [-0.2, 0) is 56.8 Å². The standard InChI is InChI=1S/C40H54FN3O9/c1-25-11-16-31(40-36(52-27(3)46)34(51-26(2)45)22-39(53-40,24-50-40)38(4,5)49)20-30(25)19-29-14-12-28(13-15-29)9-8-10-35(47)44-23-32(41)21-33(44)37(48)42-17-18-43(6)7/h11-16,20,32-34,36,49H,8-10,17-19,21-24H2,1-7H3,(H,42,48)/t32-,33+,34+,36-,39-,40+/m1/s1. The van der Waals surface area contributed by atoms with E-state index in [1.165, 1.54) is 18.7 Å². The molecule has 2 amide bonds. The molecule has 12 nitrogen and oxygen atoms in total. The number of hydrogen-bond donors (Lipinski definition) is 2. The monoisotopic (exact) mass is 739 g/mol. The third kappa shape index (κ3) is 9.08. The molecule has 3 saturated heterocycles. The number of nitrogens with zero attached hydrogens (tertiary/aromatic N) is 2. The lowest BCUT2D eigenvalue weighted by Gasteiger charge is -2.49. The summed E-state index contributed by atoms with van der Waals surface area (Å²) in [6, 6.07) is 13.0. The lowest BCUT2D eigenvalue weighted by molar-refractivity contribution is -0.323. The van der Waals surface area contributed by atoms with Crippen molar-refractivity contribution in [3.05, 3.63) is 70.3 Å². The number of carbonyl (C=O) groups excluding carboxylic acids is 4. The number of carbonyl (C=O) groups is 4. The van der Waals surface area contributed by atoms with E-state index in [1.54, 1.807) is 13.8 Å². The Morgan fingerprint density at radius 1 is 1.06 bits per heavy atom. The van der Waals surface area contributed by atoms with E-state index in [0.717, 1.165) is 22.3 Å². The first-order valence-corrected chi connectivity index (χ1v) is 18.4. The van der Waals surface area contributed by atoms with Crippen LogP contribution in [0, 0.1) is 6.92 Å². The first-order chi connectivity index (χ1) is 24.9. The fourth-order valence-electron chi connectivity index (χ4n) is 7.54. The number of esters is 2. The van der Waals surface area contributed by atoms with Gasteiger partial charge in [-0.1, -0.05) is 36.4 Å². The topological polar surface area (TPSA) is 144 Å². The molecule has 0 radical (unpaired) electrons. The van der Waals surface area contributed by atoms with Gasteiger partial charge in [-0.25, -0.2) is 4.39 Å². The number of benzene rings is 2. The van der Waals surface area contributed by atoms with Gasteiger partial charge in [-0.2, -0.15) is 0 Å². The quantitative estimate of drug-likeness (QED) is 0.277. The van der Waals surface area contributed by atoms with Crippen molar-refractivity contribution in [2.24, 2.45) is 0 Å².